The first-order chi connectivity index (χ1) is 45.5. The van der Waals surface area contributed by atoms with Crippen LogP contribution in [0.4, 0.5) is 30.2 Å². The molecule has 12 rings (SSSR count). The maximum atomic E-state index is 13.4. The summed E-state index contributed by atoms with van der Waals surface area (Å²) in [4.78, 5) is 43.9. The molecule has 0 aliphatic carbocycles. The lowest BCUT2D eigenvalue weighted by Crippen LogP contribution is -2.55. The van der Waals surface area contributed by atoms with E-state index in [0.717, 1.165) is 53.3 Å². The summed E-state index contributed by atoms with van der Waals surface area (Å²) in [5, 5.41) is 31.7. The maximum Gasteiger partial charge on any atom is 0.242 e. The van der Waals surface area contributed by atoms with E-state index in [4.69, 9.17) is 39.9 Å². The lowest BCUT2D eigenvalue weighted by Gasteiger charge is -2.39. The third-order valence-electron chi connectivity index (χ3n) is 16.0. The molecule has 3 saturated heterocycles. The lowest BCUT2D eigenvalue weighted by molar-refractivity contribution is -0.120. The molecule has 3 fully saturated rings. The number of hydrogen-bond acceptors (Lipinski definition) is 13. The molecule has 96 heavy (non-hydrogen) atoms. The predicted molar refractivity (Wildman–Crippen MR) is 382 cm³/mol. The molecular formula is C62H67Cl3F3N15O7S6. The first-order valence-electron chi connectivity index (χ1n) is 29.3. The number of rotatable bonds is 15. The minimum absolute atomic E-state index is 0.00175. The smallest absolute Gasteiger partial charge is 0.242 e. The van der Waals surface area contributed by atoms with Gasteiger partial charge in [-0.15, -0.1) is 34.0 Å². The first-order valence-corrected chi connectivity index (χ1v) is 38.0. The van der Waals surface area contributed by atoms with Crippen molar-refractivity contribution in [1.29, 1.82) is 0 Å². The number of aryl methyl sites for hydroxylation is 2. The van der Waals surface area contributed by atoms with Crippen LogP contribution < -0.4 is 30.1 Å². The molecule has 0 bridgehead atoms. The Morgan fingerprint density at radius 2 is 0.969 bits per heavy atom. The molecule has 34 heteroatoms. The minimum atomic E-state index is -2.92. The van der Waals surface area contributed by atoms with Gasteiger partial charge in [0.05, 0.1) is 94.1 Å². The summed E-state index contributed by atoms with van der Waals surface area (Å²) in [7, 11) is -2.06. The van der Waals surface area contributed by atoms with Gasteiger partial charge in [-0.1, -0.05) is 34.8 Å². The van der Waals surface area contributed by atoms with Crippen molar-refractivity contribution < 1.29 is 45.3 Å². The van der Waals surface area contributed by atoms with E-state index in [1.165, 1.54) is 90.2 Å². The first kappa shape index (κ1) is 72.0. The maximum absolute atomic E-state index is 13.4. The molecule has 22 nitrogen and oxygen atoms in total. The molecule has 3 aromatic carbocycles. The highest BCUT2D eigenvalue weighted by atomic mass is 35.5. The highest BCUT2D eigenvalue weighted by Gasteiger charge is 2.41. The molecule has 9 atom stereocenters. The van der Waals surface area contributed by atoms with Gasteiger partial charge in [0.15, 0.2) is 0 Å². The van der Waals surface area contributed by atoms with Crippen LogP contribution in [0.1, 0.15) is 58.9 Å². The van der Waals surface area contributed by atoms with Crippen molar-refractivity contribution in [2.75, 3.05) is 43.7 Å². The highest BCUT2D eigenvalue weighted by molar-refractivity contribution is 7.97. The Labute approximate surface area is 581 Å². The Balaban J connectivity index is 0.000000157. The SMILES string of the molecule is C=S1(=O)NC(c2cc(-c3ccnn3C)cs2)CC(C(=O)Nc2ccc(F)c(Cl)c2)N1C.C=S1(=O)NC(c2ccc(-c3cnn(CC)c3)s2)CC(C(=O)Nc2ccc(F)c(Cl)c2)N1C.C=S1(=O)NC(c2ccc(-c3cnn(CCO)c3)s2)CC(C(=O)Nc2ccc(F)c(Cl)c2)N1C. The van der Waals surface area contributed by atoms with E-state index in [0.29, 0.717) is 42.9 Å². The lowest BCUT2D eigenvalue weighted by atomic mass is 10.0. The Morgan fingerprint density at radius 1 is 0.573 bits per heavy atom. The van der Waals surface area contributed by atoms with Crippen LogP contribution in [-0.2, 0) is 64.2 Å². The van der Waals surface area contributed by atoms with Gasteiger partial charge in [-0.3, -0.25) is 28.4 Å². The van der Waals surface area contributed by atoms with Crippen LogP contribution in [0, 0.1) is 17.5 Å². The van der Waals surface area contributed by atoms with E-state index in [2.05, 4.69) is 63.0 Å². The number of nitrogens with one attached hydrogen (secondary N) is 6. The molecule has 0 saturated carbocycles. The van der Waals surface area contributed by atoms with E-state index in [-0.39, 0.29) is 57.5 Å². The largest absolute Gasteiger partial charge is 0.394 e. The second-order valence-corrected chi connectivity index (χ2v) is 33.1. The number of benzene rings is 3. The van der Waals surface area contributed by atoms with Crippen molar-refractivity contribution >= 4 is 151 Å². The van der Waals surface area contributed by atoms with Gasteiger partial charge in [0, 0.05) is 117 Å². The molecule has 7 N–H and O–H groups in total. The number of halogens is 6. The summed E-state index contributed by atoms with van der Waals surface area (Å²) in [6.45, 7) is 3.22. The standard InChI is InChI=1S/C21H23ClFN5O3S2.C21H23ClFN5O2S2.C20H21ClFN5O2S2/c1-27-18(21(30)25-14-3-4-16(23)15(22)9-14)10-17(26-33(27,2)31)20-6-5-19(32-20)13-11-24-28(12-13)7-8-29;1-4-28-12-13(11-24-28)19-7-8-20(31-19)17-10-18(27(2)32(3,30)26-17)21(29)25-14-5-6-16(23)15(22)9-14;1-26-17(6-7-23-26)12-8-19(30-11-12)16-10-18(27(2)31(3,29)25-16)20(28)24-13-4-5-15(22)14(21)9-13/h3-6,9,11-12,17-18,29H,2,7-8,10H2,1H3,(H,25,30)(H,26,31);5-9,11-12,17-18H,3-4,10H2,1-2H3,(H,25,29)(H,26,30);4-9,11,16,18H,3,10H2,1-2H3,(H,24,28)(H,25,29). The van der Waals surface area contributed by atoms with E-state index < -0.39 is 65.3 Å². The zero-order valence-corrected chi connectivity index (χ0v) is 59.3. The van der Waals surface area contributed by atoms with Crippen LogP contribution in [0.15, 0.2) is 127 Å². The van der Waals surface area contributed by atoms with Crippen molar-refractivity contribution in [1.82, 2.24) is 56.4 Å². The van der Waals surface area contributed by atoms with E-state index in [1.807, 2.05) is 79.0 Å². The number of likely N-dealkylation sites (N-methyl/N-ethyl adjacent to an activating group) is 3. The summed E-state index contributed by atoms with van der Waals surface area (Å²) >= 11 is 22.0. The van der Waals surface area contributed by atoms with Crippen LogP contribution in [0.5, 0.6) is 0 Å². The summed E-state index contributed by atoms with van der Waals surface area (Å²) in [6, 6.07) is 20.5. The molecule has 510 valence electrons. The average molecular weight is 1490 g/mol. The summed E-state index contributed by atoms with van der Waals surface area (Å²) < 4.78 is 98.5. The second kappa shape index (κ2) is 30.2. The molecule has 9 aromatic rings. The minimum Gasteiger partial charge on any atom is -0.394 e. The Bertz CT molecular complexity index is 4700. The van der Waals surface area contributed by atoms with Gasteiger partial charge in [-0.25, -0.2) is 52.9 Å². The van der Waals surface area contributed by atoms with Crippen LogP contribution in [-0.4, -0.2) is 141 Å². The number of thiophene rings is 3. The van der Waals surface area contributed by atoms with Crippen molar-refractivity contribution in [3.63, 3.8) is 0 Å². The van der Waals surface area contributed by atoms with Crippen molar-refractivity contribution in [3.8, 4) is 32.1 Å². The summed E-state index contributed by atoms with van der Waals surface area (Å²) in [6.07, 6.45) is 10.2. The third-order valence-corrected chi connectivity index (χ3v) is 26.0. The van der Waals surface area contributed by atoms with Gasteiger partial charge >= 0.3 is 0 Å². The van der Waals surface area contributed by atoms with E-state index in [9.17, 15) is 40.2 Å². The van der Waals surface area contributed by atoms with Crippen molar-refractivity contribution in [2.45, 2.75) is 75.5 Å². The van der Waals surface area contributed by atoms with E-state index in [1.54, 1.807) is 54.2 Å². The van der Waals surface area contributed by atoms with Crippen LogP contribution in [0.2, 0.25) is 15.1 Å². The number of amides is 3. The molecule has 0 radical (unpaired) electrons. The number of carbonyl (C=O) groups excluding carboxylic acids is 3. The molecule has 9 unspecified atom stereocenters. The fourth-order valence-electron chi connectivity index (χ4n) is 10.6. The van der Waals surface area contributed by atoms with Gasteiger partial charge in [0.25, 0.3) is 0 Å². The summed E-state index contributed by atoms with van der Waals surface area (Å²) in [5.41, 5.74) is 4.96. The van der Waals surface area contributed by atoms with Crippen LogP contribution >= 0.6 is 68.8 Å². The quantitative estimate of drug-likeness (QED) is 0.0478. The van der Waals surface area contributed by atoms with Crippen LogP contribution in [0.3, 0.4) is 0 Å². The number of hydrogen-bond donors (Lipinski definition) is 7. The number of carbonyl (C=O) groups is 3. The predicted octanol–water partition coefficient (Wildman–Crippen LogP) is 10.3. The van der Waals surface area contributed by atoms with E-state index >= 15 is 0 Å². The molecule has 9 heterocycles. The third kappa shape index (κ3) is 16.7. The zero-order chi connectivity index (χ0) is 69.1. The second-order valence-electron chi connectivity index (χ2n) is 22.5. The number of aliphatic hydroxyl groups excluding tert-OH is 1. The fourth-order valence-corrected chi connectivity index (χ4v) is 18.7. The van der Waals surface area contributed by atoms with Crippen molar-refractivity contribution in [3.05, 3.63) is 175 Å². The highest BCUT2D eigenvalue weighted by Crippen LogP contribution is 2.40. The van der Waals surface area contributed by atoms with Gasteiger partial charge in [-0.2, -0.15) is 15.3 Å². The van der Waals surface area contributed by atoms with Crippen LogP contribution in [0.25, 0.3) is 32.1 Å². The fraction of sp³-hybridized carbons (Fsp3) is 0.274. The molecule has 3 aliphatic rings. The monoisotopic (exact) mass is 1490 g/mol. The van der Waals surface area contributed by atoms with Gasteiger partial charge in [0.2, 0.25) is 17.7 Å². The Morgan fingerprint density at radius 3 is 1.33 bits per heavy atom. The number of nitrogens with zero attached hydrogens (tertiary/aromatic N) is 9. The zero-order valence-electron chi connectivity index (χ0n) is 52.1. The van der Waals surface area contributed by atoms with Gasteiger partial charge in [-0.05, 0) is 135 Å². The Hall–Kier alpha value is -6.76. The summed E-state index contributed by atoms with van der Waals surface area (Å²) in [5.74, 6) is 8.59. The molecule has 0 spiro atoms. The van der Waals surface area contributed by atoms with Gasteiger partial charge < -0.3 is 21.1 Å². The average Bonchev–Trinajstić information content (AvgIpc) is 1.24. The molecule has 6 aromatic heterocycles. The van der Waals surface area contributed by atoms with Crippen molar-refractivity contribution in [2.24, 2.45) is 7.05 Å². The number of aromatic nitrogens is 6. The Kier molecular flexibility index (Phi) is 22.6. The molecule has 3 amide bonds. The topological polar surface area (TPSA) is 258 Å². The molecular weight excluding hydrogens is 1420 g/mol. The van der Waals surface area contributed by atoms with Gasteiger partial charge in [0.1, 0.15) is 35.6 Å². The normalized spacial score (nSPS) is 23.9. The number of anilines is 3. The number of aliphatic hydroxyl groups is 1. The molecule has 3 aliphatic heterocycles.